The molecule has 214 valence electrons. The van der Waals surface area contributed by atoms with E-state index in [0.717, 1.165) is 12.1 Å². The average Bonchev–Trinajstić information content (AvgIpc) is 3.59. The number of carbonyl (C=O) groups is 3. The quantitative estimate of drug-likeness (QED) is 0.415. The number of amides is 3. The summed E-state index contributed by atoms with van der Waals surface area (Å²) in [7, 11) is 0. The maximum absolute atomic E-state index is 13.3. The van der Waals surface area contributed by atoms with E-state index in [1.54, 1.807) is 10.8 Å². The Hall–Kier alpha value is -3.15. The van der Waals surface area contributed by atoms with Crippen LogP contribution in [0.4, 0.5) is 0 Å². The smallest absolute Gasteiger partial charge is 0.271 e. The SMILES string of the molecule is CC(C)CN1CCCNC(=O)c2csc(n2)[C@H](C(C)C)NC(=O)c2csc(n2)[C@H](Cc2ccccc2)NC(=O)C1. The van der Waals surface area contributed by atoms with Gasteiger partial charge in [-0.1, -0.05) is 58.0 Å². The summed E-state index contributed by atoms with van der Waals surface area (Å²) < 4.78 is 0. The molecule has 3 aromatic rings. The van der Waals surface area contributed by atoms with E-state index >= 15 is 0 Å². The summed E-state index contributed by atoms with van der Waals surface area (Å²) in [5.74, 6) is -0.218. The highest BCUT2D eigenvalue weighted by Crippen LogP contribution is 2.27. The van der Waals surface area contributed by atoms with E-state index in [0.29, 0.717) is 53.3 Å². The fourth-order valence-corrected chi connectivity index (χ4v) is 6.53. The molecule has 0 spiro atoms. The normalized spacial score (nSPS) is 19.9. The molecule has 2 aromatic heterocycles. The number of benzene rings is 1. The first-order valence-corrected chi connectivity index (χ1v) is 15.5. The van der Waals surface area contributed by atoms with Gasteiger partial charge in [0.15, 0.2) is 0 Å². The van der Waals surface area contributed by atoms with E-state index in [9.17, 15) is 14.4 Å². The van der Waals surface area contributed by atoms with Crippen molar-refractivity contribution in [1.82, 2.24) is 30.8 Å². The van der Waals surface area contributed by atoms with Gasteiger partial charge in [-0.25, -0.2) is 9.97 Å². The van der Waals surface area contributed by atoms with Crippen molar-refractivity contribution in [3.05, 3.63) is 68.1 Å². The van der Waals surface area contributed by atoms with Crippen LogP contribution in [0.1, 0.15) is 82.8 Å². The summed E-state index contributed by atoms with van der Waals surface area (Å²) in [6.45, 7) is 10.4. The molecule has 4 bridgehead atoms. The van der Waals surface area contributed by atoms with Crippen LogP contribution in [0.2, 0.25) is 0 Å². The number of rotatable bonds is 5. The Labute approximate surface area is 243 Å². The molecule has 1 aliphatic rings. The molecule has 3 heterocycles. The third kappa shape index (κ3) is 8.18. The molecule has 0 saturated heterocycles. The van der Waals surface area contributed by atoms with Gasteiger partial charge in [-0.15, -0.1) is 22.7 Å². The highest BCUT2D eigenvalue weighted by molar-refractivity contribution is 7.10. The monoisotopic (exact) mass is 582 g/mol. The van der Waals surface area contributed by atoms with Gasteiger partial charge in [-0.3, -0.25) is 19.3 Å². The molecule has 4 rings (SSSR count). The first-order chi connectivity index (χ1) is 19.2. The Kier molecular flexibility index (Phi) is 10.4. The van der Waals surface area contributed by atoms with Gasteiger partial charge in [0.1, 0.15) is 21.4 Å². The molecule has 0 unspecified atom stereocenters. The van der Waals surface area contributed by atoms with E-state index in [2.05, 4.69) is 44.7 Å². The fraction of sp³-hybridized carbons (Fsp3) is 0.483. The van der Waals surface area contributed by atoms with Crippen molar-refractivity contribution in [3.63, 3.8) is 0 Å². The maximum atomic E-state index is 13.3. The molecule has 1 aliphatic heterocycles. The lowest BCUT2D eigenvalue weighted by Gasteiger charge is -2.25. The van der Waals surface area contributed by atoms with Crippen molar-refractivity contribution in [2.45, 2.75) is 52.6 Å². The fourth-order valence-electron chi connectivity index (χ4n) is 4.65. The van der Waals surface area contributed by atoms with Gasteiger partial charge in [0, 0.05) is 30.4 Å². The van der Waals surface area contributed by atoms with Gasteiger partial charge in [-0.2, -0.15) is 0 Å². The zero-order chi connectivity index (χ0) is 28.6. The molecule has 1 aromatic carbocycles. The predicted octanol–water partition coefficient (Wildman–Crippen LogP) is 4.22. The minimum atomic E-state index is -0.369. The van der Waals surface area contributed by atoms with Crippen molar-refractivity contribution in [3.8, 4) is 0 Å². The highest BCUT2D eigenvalue weighted by Gasteiger charge is 2.27. The molecule has 40 heavy (non-hydrogen) atoms. The lowest BCUT2D eigenvalue weighted by atomic mass is 10.0. The second-order valence-corrected chi connectivity index (χ2v) is 12.7. The Morgan fingerprint density at radius 3 is 2.30 bits per heavy atom. The van der Waals surface area contributed by atoms with Crippen molar-refractivity contribution in [2.24, 2.45) is 11.8 Å². The third-order valence-corrected chi connectivity index (χ3v) is 8.46. The van der Waals surface area contributed by atoms with Crippen LogP contribution < -0.4 is 16.0 Å². The van der Waals surface area contributed by atoms with Crippen molar-refractivity contribution in [1.29, 1.82) is 0 Å². The zero-order valence-corrected chi connectivity index (χ0v) is 25.1. The number of hydrogen-bond donors (Lipinski definition) is 3. The molecule has 3 amide bonds. The Morgan fingerprint density at radius 1 is 0.925 bits per heavy atom. The van der Waals surface area contributed by atoms with Gasteiger partial charge in [0.05, 0.1) is 18.6 Å². The van der Waals surface area contributed by atoms with E-state index < -0.39 is 0 Å². The Morgan fingerprint density at radius 2 is 1.60 bits per heavy atom. The lowest BCUT2D eigenvalue weighted by molar-refractivity contribution is -0.123. The van der Waals surface area contributed by atoms with E-state index in [1.165, 1.54) is 22.7 Å². The maximum Gasteiger partial charge on any atom is 0.271 e. The molecule has 9 nitrogen and oxygen atoms in total. The van der Waals surface area contributed by atoms with Crippen LogP contribution in [0.25, 0.3) is 0 Å². The minimum Gasteiger partial charge on any atom is -0.351 e. The van der Waals surface area contributed by atoms with Gasteiger partial charge >= 0.3 is 0 Å². The number of nitrogens with zero attached hydrogens (tertiary/aromatic N) is 3. The highest BCUT2D eigenvalue weighted by atomic mass is 32.1. The topological polar surface area (TPSA) is 116 Å². The number of aromatic nitrogens is 2. The summed E-state index contributed by atoms with van der Waals surface area (Å²) in [5.41, 5.74) is 1.71. The van der Waals surface area contributed by atoms with Gasteiger partial charge in [0.25, 0.3) is 11.8 Å². The molecule has 0 aliphatic carbocycles. The number of fused-ring (bicyclic) bond motifs is 4. The zero-order valence-electron chi connectivity index (χ0n) is 23.5. The first kappa shape index (κ1) is 29.8. The molecular formula is C29H38N6O3S2. The minimum absolute atomic E-state index is 0.0512. The van der Waals surface area contributed by atoms with Crippen LogP contribution in [0, 0.1) is 11.8 Å². The molecule has 0 radical (unpaired) electrons. The van der Waals surface area contributed by atoms with Crippen molar-refractivity contribution < 1.29 is 14.4 Å². The van der Waals surface area contributed by atoms with E-state index in [-0.39, 0.29) is 42.3 Å². The largest absolute Gasteiger partial charge is 0.351 e. The summed E-state index contributed by atoms with van der Waals surface area (Å²) in [6, 6.07) is 9.22. The number of nitrogens with one attached hydrogen (secondary N) is 3. The molecule has 3 N–H and O–H groups in total. The molecule has 2 atom stereocenters. The Balaban J connectivity index is 1.64. The second-order valence-electron chi connectivity index (χ2n) is 10.9. The van der Waals surface area contributed by atoms with Gasteiger partial charge < -0.3 is 16.0 Å². The Bertz CT molecular complexity index is 1290. The van der Waals surface area contributed by atoms with Crippen LogP contribution in [0.15, 0.2) is 41.1 Å². The van der Waals surface area contributed by atoms with E-state index in [1.807, 2.05) is 44.2 Å². The van der Waals surface area contributed by atoms with Gasteiger partial charge in [0.2, 0.25) is 5.91 Å². The van der Waals surface area contributed by atoms with Crippen LogP contribution in [0.3, 0.4) is 0 Å². The lowest BCUT2D eigenvalue weighted by Crippen LogP contribution is -2.42. The number of hydrogen-bond acceptors (Lipinski definition) is 8. The van der Waals surface area contributed by atoms with Gasteiger partial charge in [-0.05, 0) is 30.2 Å². The summed E-state index contributed by atoms with van der Waals surface area (Å²) in [4.78, 5) is 50.7. The molecule has 0 fully saturated rings. The van der Waals surface area contributed by atoms with Crippen LogP contribution in [0.5, 0.6) is 0 Å². The molecule has 11 heteroatoms. The first-order valence-electron chi connectivity index (χ1n) is 13.7. The predicted molar refractivity (Wildman–Crippen MR) is 159 cm³/mol. The standard InChI is InChI=1S/C29H38N6O3S2/c1-18(2)14-35-12-8-11-30-26(37)22-16-40-29(33-22)25(19(3)4)34-27(38)23-17-39-28(32-23)21(31-24(36)15-35)13-20-9-6-5-7-10-20/h5-7,9-10,16-19,21,25H,8,11-15H2,1-4H3,(H,30,37)(H,31,36)(H,34,38)/t21-,25-/m0/s1. The number of thiazole rings is 2. The number of carbonyl (C=O) groups excluding carboxylic acids is 3. The van der Waals surface area contributed by atoms with Crippen LogP contribution >= 0.6 is 22.7 Å². The van der Waals surface area contributed by atoms with Crippen LogP contribution in [-0.2, 0) is 11.2 Å². The van der Waals surface area contributed by atoms with Crippen molar-refractivity contribution in [2.75, 3.05) is 26.2 Å². The summed E-state index contributed by atoms with van der Waals surface area (Å²) in [5, 5.41) is 14.0. The third-order valence-electron chi connectivity index (χ3n) is 6.57. The van der Waals surface area contributed by atoms with Crippen molar-refractivity contribution >= 4 is 40.4 Å². The summed E-state index contributed by atoms with van der Waals surface area (Å²) >= 11 is 2.74. The second kappa shape index (κ2) is 14.0. The molecular weight excluding hydrogens is 544 g/mol. The summed E-state index contributed by atoms with van der Waals surface area (Å²) in [6.07, 6.45) is 1.27. The average molecular weight is 583 g/mol. The van der Waals surface area contributed by atoms with Crippen LogP contribution in [-0.4, -0.2) is 58.8 Å². The molecule has 0 saturated carbocycles. The van der Waals surface area contributed by atoms with E-state index in [4.69, 9.17) is 0 Å².